The predicted octanol–water partition coefficient (Wildman–Crippen LogP) is 3.17. The van der Waals surface area contributed by atoms with Crippen molar-refractivity contribution in [3.8, 4) is 11.3 Å². The number of benzene rings is 1. The number of hydrogen-bond donors (Lipinski definition) is 1. The number of carbonyl (C=O) groups excluding carboxylic acids is 1. The molecule has 3 fully saturated rings. The Kier molecular flexibility index (Phi) is 3.08. The first-order valence-corrected chi connectivity index (χ1v) is 8.25. The summed E-state index contributed by atoms with van der Waals surface area (Å²) in [6.45, 7) is 4.11. The second kappa shape index (κ2) is 4.91. The zero-order chi connectivity index (χ0) is 16.2. The van der Waals surface area contributed by atoms with Crippen LogP contribution in [0, 0.1) is 24.2 Å². The first-order valence-electron chi connectivity index (χ1n) is 8.25. The zero-order valence-corrected chi connectivity index (χ0v) is 13.8. The molecule has 0 spiro atoms. The summed E-state index contributed by atoms with van der Waals surface area (Å²) < 4.78 is 0. The molecule has 1 amide bonds. The van der Waals surface area contributed by atoms with E-state index in [1.165, 1.54) is 19.3 Å². The van der Waals surface area contributed by atoms with E-state index in [4.69, 9.17) is 0 Å². The van der Waals surface area contributed by atoms with Crippen LogP contribution in [0.3, 0.4) is 0 Å². The lowest BCUT2D eigenvalue weighted by Gasteiger charge is -2.64. The van der Waals surface area contributed by atoms with Crippen molar-refractivity contribution in [2.24, 2.45) is 24.3 Å². The van der Waals surface area contributed by atoms with Crippen LogP contribution < -0.4 is 5.32 Å². The minimum atomic E-state index is 0.0915. The minimum Gasteiger partial charge on any atom is -0.326 e. The van der Waals surface area contributed by atoms with Crippen molar-refractivity contribution in [1.82, 2.24) is 15.0 Å². The second-order valence-corrected chi connectivity index (χ2v) is 7.30. The van der Waals surface area contributed by atoms with E-state index in [9.17, 15) is 4.79 Å². The zero-order valence-electron chi connectivity index (χ0n) is 13.8. The lowest BCUT2D eigenvalue weighted by atomic mass is 9.40. The molecule has 5 heteroatoms. The average Bonchev–Trinajstić information content (AvgIpc) is 2.84. The molecule has 120 valence electrons. The predicted molar refractivity (Wildman–Crippen MR) is 88.7 cm³/mol. The lowest BCUT2D eigenvalue weighted by molar-refractivity contribution is -0.161. The van der Waals surface area contributed by atoms with Gasteiger partial charge in [0.2, 0.25) is 5.91 Å². The van der Waals surface area contributed by atoms with Crippen LogP contribution in [-0.2, 0) is 11.8 Å². The molecule has 1 atom stereocenters. The van der Waals surface area contributed by atoms with Crippen molar-refractivity contribution in [2.45, 2.75) is 33.1 Å². The number of carbonyl (C=O) groups is 1. The molecule has 1 heterocycles. The van der Waals surface area contributed by atoms with Crippen LogP contribution in [0.1, 0.15) is 31.7 Å². The van der Waals surface area contributed by atoms with Gasteiger partial charge in [-0.3, -0.25) is 4.79 Å². The molecule has 5 rings (SSSR count). The molecule has 1 aromatic carbocycles. The topological polar surface area (TPSA) is 59.8 Å². The highest BCUT2D eigenvalue weighted by Gasteiger charge is 2.60. The molecule has 0 unspecified atom stereocenters. The molecule has 3 saturated carbocycles. The number of nitrogens with one attached hydrogen (secondary N) is 1. The molecule has 0 radical (unpaired) electrons. The number of hydrogen-bond acceptors (Lipinski definition) is 3. The number of nitrogens with zero attached hydrogens (tertiary/aromatic N) is 3. The third-order valence-electron chi connectivity index (χ3n) is 5.78. The van der Waals surface area contributed by atoms with Gasteiger partial charge in [-0.25, -0.2) is 0 Å². The molecule has 2 aromatic rings. The smallest absolute Gasteiger partial charge is 0.227 e. The molecule has 0 aliphatic heterocycles. The molecule has 3 aliphatic carbocycles. The largest absolute Gasteiger partial charge is 0.326 e. The number of anilines is 1. The maximum absolute atomic E-state index is 12.6. The van der Waals surface area contributed by atoms with Gasteiger partial charge in [-0.05, 0) is 55.2 Å². The van der Waals surface area contributed by atoms with Crippen LogP contribution >= 0.6 is 0 Å². The molecule has 1 aromatic heterocycles. The van der Waals surface area contributed by atoms with Crippen LogP contribution in [0.2, 0.25) is 0 Å². The standard InChI is InChI=1S/C18H22N4O/c1-11-4-5-14(6-15(11)16-10-19-22(3)21-16)20-17(23)12(2)18-7-13(8-18)9-18/h4-6,10,12-13H,7-9H2,1-3H3,(H,20,23)/t12-,13?,18?/m0/s1. The fourth-order valence-corrected chi connectivity index (χ4v) is 4.05. The first-order chi connectivity index (χ1) is 11.0. The molecule has 2 bridgehead atoms. The van der Waals surface area contributed by atoms with E-state index < -0.39 is 0 Å². The summed E-state index contributed by atoms with van der Waals surface area (Å²) in [4.78, 5) is 14.1. The van der Waals surface area contributed by atoms with Crippen molar-refractivity contribution in [3.63, 3.8) is 0 Å². The van der Waals surface area contributed by atoms with Gasteiger partial charge in [-0.1, -0.05) is 13.0 Å². The van der Waals surface area contributed by atoms with Crippen LogP contribution in [0.15, 0.2) is 24.4 Å². The van der Waals surface area contributed by atoms with Gasteiger partial charge in [0.1, 0.15) is 5.69 Å². The lowest BCUT2D eigenvalue weighted by Crippen LogP contribution is -2.58. The summed E-state index contributed by atoms with van der Waals surface area (Å²) in [5, 5.41) is 11.6. The fourth-order valence-electron chi connectivity index (χ4n) is 4.05. The quantitative estimate of drug-likeness (QED) is 0.943. The van der Waals surface area contributed by atoms with E-state index in [1.807, 2.05) is 25.1 Å². The van der Waals surface area contributed by atoms with Crippen molar-refractivity contribution in [3.05, 3.63) is 30.0 Å². The Morgan fingerprint density at radius 3 is 2.70 bits per heavy atom. The van der Waals surface area contributed by atoms with Crippen molar-refractivity contribution >= 4 is 11.6 Å². The highest BCUT2D eigenvalue weighted by Crippen LogP contribution is 2.68. The number of aryl methyl sites for hydroxylation is 2. The van der Waals surface area contributed by atoms with Crippen LogP contribution in [-0.4, -0.2) is 20.9 Å². The van der Waals surface area contributed by atoms with Crippen LogP contribution in [0.4, 0.5) is 5.69 Å². The van der Waals surface area contributed by atoms with E-state index in [0.717, 1.165) is 28.4 Å². The minimum absolute atomic E-state index is 0.0915. The van der Waals surface area contributed by atoms with Crippen molar-refractivity contribution in [2.75, 3.05) is 5.32 Å². The van der Waals surface area contributed by atoms with Gasteiger partial charge in [-0.15, -0.1) is 0 Å². The molecule has 1 N–H and O–H groups in total. The highest BCUT2D eigenvalue weighted by atomic mass is 16.1. The average molecular weight is 310 g/mol. The Morgan fingerprint density at radius 1 is 1.39 bits per heavy atom. The molecular weight excluding hydrogens is 288 g/mol. The molecule has 0 saturated heterocycles. The summed E-state index contributed by atoms with van der Waals surface area (Å²) in [5.74, 6) is 1.12. The normalized spacial score (nSPS) is 26.1. The Hall–Kier alpha value is -2.17. The molecule has 5 nitrogen and oxygen atoms in total. The van der Waals surface area contributed by atoms with Gasteiger partial charge in [0.05, 0.1) is 6.20 Å². The van der Waals surface area contributed by atoms with Crippen molar-refractivity contribution in [1.29, 1.82) is 0 Å². The van der Waals surface area contributed by atoms with Gasteiger partial charge in [0, 0.05) is 24.2 Å². The van der Waals surface area contributed by atoms with E-state index in [2.05, 4.69) is 22.4 Å². The van der Waals surface area contributed by atoms with E-state index in [1.54, 1.807) is 18.0 Å². The van der Waals surface area contributed by atoms with Crippen LogP contribution in [0.25, 0.3) is 11.3 Å². The Balaban J connectivity index is 1.54. The second-order valence-electron chi connectivity index (χ2n) is 7.30. The van der Waals surface area contributed by atoms with E-state index in [-0.39, 0.29) is 11.8 Å². The monoisotopic (exact) mass is 310 g/mol. The summed E-state index contributed by atoms with van der Waals surface area (Å²) >= 11 is 0. The summed E-state index contributed by atoms with van der Waals surface area (Å²) in [7, 11) is 1.80. The Bertz CT molecular complexity index is 762. The highest BCUT2D eigenvalue weighted by molar-refractivity contribution is 5.94. The summed E-state index contributed by atoms with van der Waals surface area (Å²) in [6.07, 6.45) is 5.46. The van der Waals surface area contributed by atoms with Gasteiger partial charge in [-0.2, -0.15) is 15.0 Å². The van der Waals surface area contributed by atoms with E-state index >= 15 is 0 Å². The van der Waals surface area contributed by atoms with Gasteiger partial charge >= 0.3 is 0 Å². The van der Waals surface area contributed by atoms with Crippen LogP contribution in [0.5, 0.6) is 0 Å². The molecule has 3 aliphatic rings. The first kappa shape index (κ1) is 14.4. The van der Waals surface area contributed by atoms with Gasteiger partial charge < -0.3 is 5.32 Å². The third kappa shape index (κ3) is 2.26. The van der Waals surface area contributed by atoms with Gasteiger partial charge in [0.25, 0.3) is 0 Å². The molecular formula is C18H22N4O. The van der Waals surface area contributed by atoms with E-state index in [0.29, 0.717) is 5.41 Å². The SMILES string of the molecule is Cc1ccc(NC(=O)[C@H](C)C23CC(C2)C3)cc1-c1cnn(C)n1. The number of rotatable bonds is 4. The molecule has 23 heavy (non-hydrogen) atoms. The van der Waals surface area contributed by atoms with Gasteiger partial charge in [0.15, 0.2) is 0 Å². The maximum Gasteiger partial charge on any atom is 0.227 e. The number of amides is 1. The summed E-state index contributed by atoms with van der Waals surface area (Å²) in [6, 6.07) is 5.97. The maximum atomic E-state index is 12.6. The third-order valence-corrected chi connectivity index (χ3v) is 5.78. The fraction of sp³-hybridized carbons (Fsp3) is 0.500. The Morgan fingerprint density at radius 2 is 2.13 bits per heavy atom. The Labute approximate surface area is 136 Å². The summed E-state index contributed by atoms with van der Waals surface area (Å²) in [5.41, 5.74) is 4.09. The number of aromatic nitrogens is 3. The van der Waals surface area contributed by atoms with Crippen molar-refractivity contribution < 1.29 is 4.79 Å².